The van der Waals surface area contributed by atoms with Gasteiger partial charge in [0.05, 0.1) is 13.2 Å². The molecule has 2 aromatic carbocycles. The van der Waals surface area contributed by atoms with Crippen LogP contribution in [-0.4, -0.2) is 13.0 Å². The van der Waals surface area contributed by atoms with Gasteiger partial charge in [-0.3, -0.25) is 4.79 Å². The first-order valence-electron chi connectivity index (χ1n) is 6.83. The van der Waals surface area contributed by atoms with Gasteiger partial charge in [0, 0.05) is 5.56 Å². The Morgan fingerprint density at radius 3 is 2.45 bits per heavy atom. The summed E-state index contributed by atoms with van der Waals surface area (Å²) >= 11 is 0. The number of aryl methyl sites for hydroxylation is 1. The number of carbonyl (C=O) groups excluding carboxylic acids is 1. The van der Waals surface area contributed by atoms with Crippen molar-refractivity contribution in [3.63, 3.8) is 0 Å². The molecular weight excluding hydrogens is 288 g/mol. The van der Waals surface area contributed by atoms with Gasteiger partial charge in [0.15, 0.2) is 11.6 Å². The topological polar surface area (TPSA) is 38.3 Å². The van der Waals surface area contributed by atoms with Crippen molar-refractivity contribution < 1.29 is 18.3 Å². The minimum Gasteiger partial charge on any atom is -0.494 e. The lowest BCUT2D eigenvalue weighted by molar-refractivity contribution is 0.0939. The maximum Gasteiger partial charge on any atom is 0.251 e. The Bertz CT molecular complexity index is 701. The summed E-state index contributed by atoms with van der Waals surface area (Å²) in [6, 6.07) is 8.33. The summed E-state index contributed by atoms with van der Waals surface area (Å²) in [5.74, 6) is -1.20. The van der Waals surface area contributed by atoms with Gasteiger partial charge in [0.25, 0.3) is 5.91 Å². The van der Waals surface area contributed by atoms with E-state index < -0.39 is 23.6 Å². The minimum atomic E-state index is -0.498. The Labute approximate surface area is 127 Å². The molecule has 0 unspecified atom stereocenters. The highest BCUT2D eigenvalue weighted by atomic mass is 19.1. The van der Waals surface area contributed by atoms with Gasteiger partial charge >= 0.3 is 0 Å². The fourth-order valence-corrected chi connectivity index (χ4v) is 2.05. The molecule has 0 aliphatic carbocycles. The number of ether oxygens (including phenoxy) is 1. The molecule has 3 nitrogen and oxygen atoms in total. The zero-order valence-corrected chi connectivity index (χ0v) is 12.6. The van der Waals surface area contributed by atoms with Crippen molar-refractivity contribution in [2.45, 2.75) is 19.9 Å². The molecule has 0 aliphatic heterocycles. The summed E-state index contributed by atoms with van der Waals surface area (Å²) in [6.45, 7) is 3.35. The third kappa shape index (κ3) is 3.42. The van der Waals surface area contributed by atoms with E-state index in [1.165, 1.54) is 25.3 Å². The lowest BCUT2D eigenvalue weighted by atomic mass is 10.1. The van der Waals surface area contributed by atoms with Gasteiger partial charge in [0.1, 0.15) is 5.82 Å². The van der Waals surface area contributed by atoms with Gasteiger partial charge in [-0.2, -0.15) is 0 Å². The molecule has 2 rings (SSSR count). The highest BCUT2D eigenvalue weighted by molar-refractivity contribution is 5.94. The van der Waals surface area contributed by atoms with Crippen molar-refractivity contribution in [1.29, 1.82) is 0 Å². The zero-order valence-electron chi connectivity index (χ0n) is 12.6. The SMILES string of the molecule is COc1ccc([C@H](C)NC(=O)c2ccc(C)c(F)c2)cc1F. The largest absolute Gasteiger partial charge is 0.494 e. The molecule has 1 N–H and O–H groups in total. The predicted molar refractivity (Wildman–Crippen MR) is 80.0 cm³/mol. The molecule has 0 saturated carbocycles. The van der Waals surface area contributed by atoms with Gasteiger partial charge in [-0.05, 0) is 49.2 Å². The van der Waals surface area contributed by atoms with Gasteiger partial charge in [-0.25, -0.2) is 8.78 Å². The van der Waals surface area contributed by atoms with Crippen LogP contribution >= 0.6 is 0 Å². The van der Waals surface area contributed by atoms with E-state index in [1.54, 1.807) is 32.0 Å². The highest BCUT2D eigenvalue weighted by Crippen LogP contribution is 2.22. The summed E-state index contributed by atoms with van der Waals surface area (Å²) in [4.78, 5) is 12.1. The Balaban J connectivity index is 2.13. The molecule has 0 aliphatic rings. The van der Waals surface area contributed by atoms with Crippen LogP contribution in [0.25, 0.3) is 0 Å². The number of nitrogens with one attached hydrogen (secondary N) is 1. The fourth-order valence-electron chi connectivity index (χ4n) is 2.05. The Morgan fingerprint density at radius 2 is 1.86 bits per heavy atom. The number of rotatable bonds is 4. The summed E-state index contributed by atoms with van der Waals surface area (Å²) in [5.41, 5.74) is 1.30. The molecule has 0 bridgehead atoms. The van der Waals surface area contributed by atoms with Crippen molar-refractivity contribution in [3.05, 3.63) is 64.7 Å². The molecular formula is C17H17F2NO2. The third-order valence-corrected chi connectivity index (χ3v) is 3.46. The molecule has 0 fully saturated rings. The number of halogens is 2. The fraction of sp³-hybridized carbons (Fsp3) is 0.235. The molecule has 1 atom stereocenters. The maximum atomic E-state index is 13.7. The first-order valence-corrected chi connectivity index (χ1v) is 6.83. The lowest BCUT2D eigenvalue weighted by Crippen LogP contribution is -2.26. The van der Waals surface area contributed by atoms with E-state index in [2.05, 4.69) is 5.32 Å². The first-order chi connectivity index (χ1) is 10.4. The first kappa shape index (κ1) is 15.9. The van der Waals surface area contributed by atoms with Gasteiger partial charge in [-0.15, -0.1) is 0 Å². The van der Waals surface area contributed by atoms with E-state index in [0.29, 0.717) is 11.1 Å². The van der Waals surface area contributed by atoms with E-state index in [1.807, 2.05) is 0 Å². The van der Waals surface area contributed by atoms with Crippen LogP contribution in [0.5, 0.6) is 5.75 Å². The van der Waals surface area contributed by atoms with Crippen LogP contribution in [0.2, 0.25) is 0 Å². The Hall–Kier alpha value is -2.43. The molecule has 0 saturated heterocycles. The Kier molecular flexibility index (Phi) is 4.75. The molecule has 2 aromatic rings. The zero-order chi connectivity index (χ0) is 16.3. The van der Waals surface area contributed by atoms with E-state index in [9.17, 15) is 13.6 Å². The van der Waals surface area contributed by atoms with E-state index in [0.717, 1.165) is 0 Å². The molecule has 0 spiro atoms. The number of methoxy groups -OCH3 is 1. The number of hydrogen-bond donors (Lipinski definition) is 1. The van der Waals surface area contributed by atoms with Crippen LogP contribution in [0.3, 0.4) is 0 Å². The number of carbonyl (C=O) groups is 1. The molecule has 0 radical (unpaired) electrons. The number of amides is 1. The van der Waals surface area contributed by atoms with E-state index in [-0.39, 0.29) is 11.3 Å². The molecule has 5 heteroatoms. The quantitative estimate of drug-likeness (QED) is 0.933. The predicted octanol–water partition coefficient (Wildman–Crippen LogP) is 3.77. The maximum absolute atomic E-state index is 13.7. The summed E-state index contributed by atoms with van der Waals surface area (Å²) in [6.07, 6.45) is 0. The second-order valence-electron chi connectivity index (χ2n) is 5.05. The van der Waals surface area contributed by atoms with Crippen LogP contribution in [0.4, 0.5) is 8.78 Å². The Morgan fingerprint density at radius 1 is 1.14 bits per heavy atom. The summed E-state index contributed by atoms with van der Waals surface area (Å²) in [7, 11) is 1.38. The molecule has 116 valence electrons. The average Bonchev–Trinajstić information content (AvgIpc) is 2.49. The van der Waals surface area contributed by atoms with Gasteiger partial charge < -0.3 is 10.1 Å². The number of hydrogen-bond acceptors (Lipinski definition) is 2. The second-order valence-corrected chi connectivity index (χ2v) is 5.05. The molecule has 0 aromatic heterocycles. The van der Waals surface area contributed by atoms with Crippen LogP contribution in [0, 0.1) is 18.6 Å². The van der Waals surface area contributed by atoms with Crippen LogP contribution in [0.1, 0.15) is 34.5 Å². The van der Waals surface area contributed by atoms with Gasteiger partial charge in [0.2, 0.25) is 0 Å². The normalized spacial score (nSPS) is 11.9. The molecule has 22 heavy (non-hydrogen) atoms. The summed E-state index contributed by atoms with van der Waals surface area (Å²) in [5, 5.41) is 2.71. The third-order valence-electron chi connectivity index (χ3n) is 3.46. The smallest absolute Gasteiger partial charge is 0.251 e. The van der Waals surface area contributed by atoms with Crippen molar-refractivity contribution in [2.75, 3.05) is 7.11 Å². The molecule has 0 heterocycles. The van der Waals surface area contributed by atoms with Gasteiger partial charge in [-0.1, -0.05) is 12.1 Å². The highest BCUT2D eigenvalue weighted by Gasteiger charge is 2.14. The van der Waals surface area contributed by atoms with Crippen LogP contribution in [0.15, 0.2) is 36.4 Å². The van der Waals surface area contributed by atoms with Crippen molar-refractivity contribution in [1.82, 2.24) is 5.32 Å². The lowest BCUT2D eigenvalue weighted by Gasteiger charge is -2.15. The van der Waals surface area contributed by atoms with E-state index >= 15 is 0 Å². The van der Waals surface area contributed by atoms with Crippen molar-refractivity contribution in [3.8, 4) is 5.75 Å². The second kappa shape index (κ2) is 6.56. The monoisotopic (exact) mass is 305 g/mol. The van der Waals surface area contributed by atoms with Crippen LogP contribution < -0.4 is 10.1 Å². The summed E-state index contributed by atoms with van der Waals surface area (Å²) < 4.78 is 32.0. The van der Waals surface area contributed by atoms with Crippen molar-refractivity contribution >= 4 is 5.91 Å². The average molecular weight is 305 g/mol. The van der Waals surface area contributed by atoms with E-state index in [4.69, 9.17) is 4.74 Å². The standard InChI is InChI=1S/C17H17F2NO2/c1-10-4-5-13(9-14(10)18)17(21)20-11(2)12-6-7-16(22-3)15(19)8-12/h4-9,11H,1-3H3,(H,20,21)/t11-/m0/s1. The number of benzene rings is 2. The minimum absolute atomic E-state index is 0.142. The van der Waals surface area contributed by atoms with Crippen LogP contribution in [-0.2, 0) is 0 Å². The molecule has 1 amide bonds. The van der Waals surface area contributed by atoms with Crippen molar-refractivity contribution in [2.24, 2.45) is 0 Å².